The third kappa shape index (κ3) is 4.74. The minimum absolute atomic E-state index is 0.306. The number of anilines is 2. The number of nitrogens with two attached hydrogens (primary N) is 1. The Morgan fingerprint density at radius 1 is 1.07 bits per heavy atom. The number of aliphatic imine (C=N–C) groups is 1. The Labute approximate surface area is 167 Å². The second-order valence-corrected chi connectivity index (χ2v) is 7.15. The molecule has 0 aromatic heterocycles. The van der Waals surface area contributed by atoms with Gasteiger partial charge in [0.05, 0.1) is 18.5 Å². The molecule has 0 fully saturated rings. The number of methoxy groups -OCH3 is 1. The lowest BCUT2D eigenvalue weighted by Crippen LogP contribution is -2.23. The SMILES string of the molecule is COc1cc(C)ccc1NC1=C\CC(C)\C=C(N)/C(Nc2ccccc2C)=N\1. The van der Waals surface area contributed by atoms with Crippen LogP contribution in [0.25, 0.3) is 0 Å². The lowest BCUT2D eigenvalue weighted by Gasteiger charge is -2.19. The number of hydrogen-bond acceptors (Lipinski definition) is 5. The number of rotatable bonds is 4. The molecule has 1 aliphatic rings. The number of aryl methyl sites for hydroxylation is 2. The van der Waals surface area contributed by atoms with E-state index in [1.807, 2.05) is 49.4 Å². The van der Waals surface area contributed by atoms with Crippen molar-refractivity contribution in [2.75, 3.05) is 17.7 Å². The summed E-state index contributed by atoms with van der Waals surface area (Å²) in [6.07, 6.45) is 4.98. The molecule has 146 valence electrons. The molecular weight excluding hydrogens is 348 g/mol. The second kappa shape index (κ2) is 8.65. The Kier molecular flexibility index (Phi) is 6.04. The molecule has 1 atom stereocenters. The van der Waals surface area contributed by atoms with Crippen LogP contribution in [0.3, 0.4) is 0 Å². The van der Waals surface area contributed by atoms with Crippen molar-refractivity contribution in [1.82, 2.24) is 0 Å². The summed E-state index contributed by atoms with van der Waals surface area (Å²) in [5.74, 6) is 2.45. The van der Waals surface area contributed by atoms with Gasteiger partial charge in [-0.1, -0.05) is 37.3 Å². The van der Waals surface area contributed by atoms with E-state index in [1.54, 1.807) is 7.11 Å². The molecule has 0 saturated heterocycles. The Hall–Kier alpha value is -3.21. The first-order valence-electron chi connectivity index (χ1n) is 9.47. The number of benzene rings is 2. The normalized spacial score (nSPS) is 22.4. The van der Waals surface area contributed by atoms with Crippen LogP contribution >= 0.6 is 0 Å². The molecule has 0 radical (unpaired) electrons. The summed E-state index contributed by atoms with van der Waals surface area (Å²) < 4.78 is 5.51. The summed E-state index contributed by atoms with van der Waals surface area (Å²) >= 11 is 0. The number of nitrogens with one attached hydrogen (secondary N) is 2. The number of amidine groups is 1. The molecule has 28 heavy (non-hydrogen) atoms. The smallest absolute Gasteiger partial charge is 0.155 e. The van der Waals surface area contributed by atoms with Gasteiger partial charge in [0.25, 0.3) is 0 Å². The second-order valence-electron chi connectivity index (χ2n) is 7.15. The van der Waals surface area contributed by atoms with E-state index in [2.05, 4.69) is 36.6 Å². The summed E-state index contributed by atoms with van der Waals surface area (Å²) in [6.45, 7) is 6.24. The van der Waals surface area contributed by atoms with Crippen molar-refractivity contribution in [3.63, 3.8) is 0 Å². The minimum Gasteiger partial charge on any atom is -0.495 e. The Bertz CT molecular complexity index is 943. The molecular formula is C23H28N4O. The first-order chi connectivity index (χ1) is 13.5. The topological polar surface area (TPSA) is 71.7 Å². The quantitative estimate of drug-likeness (QED) is 0.705. The minimum atomic E-state index is 0.306. The van der Waals surface area contributed by atoms with E-state index >= 15 is 0 Å². The van der Waals surface area contributed by atoms with E-state index in [4.69, 9.17) is 15.5 Å². The molecule has 5 nitrogen and oxygen atoms in total. The van der Waals surface area contributed by atoms with Crippen LogP contribution in [-0.2, 0) is 0 Å². The number of para-hydroxylation sites is 1. The standard InChI is InChI=1S/C23H28N4O/c1-15-10-12-22(25-20-11-9-16(2)14-21(20)28-4)27-23(18(24)13-15)26-19-8-6-5-7-17(19)3/h5-9,11-15,25H,10,24H2,1-4H3,(H,26,27)/b18-13+,22-12+. The summed E-state index contributed by atoms with van der Waals surface area (Å²) in [6, 6.07) is 14.1. The van der Waals surface area contributed by atoms with Crippen molar-refractivity contribution in [3.8, 4) is 5.75 Å². The monoisotopic (exact) mass is 376 g/mol. The highest BCUT2D eigenvalue weighted by Gasteiger charge is 2.13. The van der Waals surface area contributed by atoms with E-state index in [-0.39, 0.29) is 0 Å². The van der Waals surface area contributed by atoms with Gasteiger partial charge in [-0.2, -0.15) is 0 Å². The molecule has 1 aliphatic heterocycles. The van der Waals surface area contributed by atoms with Gasteiger partial charge < -0.3 is 21.1 Å². The summed E-state index contributed by atoms with van der Waals surface area (Å²) in [4.78, 5) is 4.79. The first-order valence-corrected chi connectivity index (χ1v) is 9.47. The third-order valence-electron chi connectivity index (χ3n) is 4.67. The van der Waals surface area contributed by atoms with Gasteiger partial charge in [0.2, 0.25) is 0 Å². The third-order valence-corrected chi connectivity index (χ3v) is 4.67. The highest BCUT2D eigenvalue weighted by molar-refractivity contribution is 6.08. The van der Waals surface area contributed by atoms with E-state index < -0.39 is 0 Å². The fraction of sp³-hybridized carbons (Fsp3) is 0.261. The average molecular weight is 377 g/mol. The van der Waals surface area contributed by atoms with Crippen LogP contribution in [0.5, 0.6) is 5.75 Å². The lowest BCUT2D eigenvalue weighted by molar-refractivity contribution is 0.416. The van der Waals surface area contributed by atoms with Gasteiger partial charge in [-0.25, -0.2) is 4.99 Å². The molecule has 2 aromatic carbocycles. The van der Waals surface area contributed by atoms with Crippen molar-refractivity contribution in [1.29, 1.82) is 0 Å². The van der Waals surface area contributed by atoms with Crippen LogP contribution in [0.2, 0.25) is 0 Å². The van der Waals surface area contributed by atoms with E-state index in [9.17, 15) is 0 Å². The molecule has 0 bridgehead atoms. The zero-order valence-electron chi connectivity index (χ0n) is 16.9. The fourth-order valence-electron chi connectivity index (χ4n) is 3.04. The van der Waals surface area contributed by atoms with Gasteiger partial charge >= 0.3 is 0 Å². The zero-order chi connectivity index (χ0) is 20.1. The molecule has 2 aromatic rings. The number of hydrogen-bond donors (Lipinski definition) is 3. The number of nitrogens with zero attached hydrogens (tertiary/aromatic N) is 1. The zero-order valence-corrected chi connectivity index (χ0v) is 16.9. The molecule has 3 rings (SSSR count). The van der Waals surface area contributed by atoms with Crippen molar-refractivity contribution < 1.29 is 4.74 Å². The molecule has 1 unspecified atom stereocenters. The van der Waals surface area contributed by atoms with E-state index in [0.717, 1.165) is 40.5 Å². The average Bonchev–Trinajstić information content (AvgIpc) is 2.67. The van der Waals surface area contributed by atoms with Crippen LogP contribution < -0.4 is 21.1 Å². The van der Waals surface area contributed by atoms with Crippen molar-refractivity contribution in [2.24, 2.45) is 16.6 Å². The van der Waals surface area contributed by atoms with Crippen LogP contribution in [0.4, 0.5) is 11.4 Å². The van der Waals surface area contributed by atoms with Gasteiger partial charge in [0.1, 0.15) is 11.6 Å². The van der Waals surface area contributed by atoms with Crippen LogP contribution in [-0.4, -0.2) is 12.9 Å². The molecule has 1 heterocycles. The largest absolute Gasteiger partial charge is 0.495 e. The highest BCUT2D eigenvalue weighted by Crippen LogP contribution is 2.28. The van der Waals surface area contributed by atoms with E-state index in [1.165, 1.54) is 0 Å². The molecule has 4 N–H and O–H groups in total. The predicted molar refractivity (Wildman–Crippen MR) is 118 cm³/mol. The Balaban J connectivity index is 1.95. The van der Waals surface area contributed by atoms with Gasteiger partial charge in [-0.15, -0.1) is 0 Å². The maximum atomic E-state index is 6.36. The van der Waals surface area contributed by atoms with Crippen LogP contribution in [0, 0.1) is 19.8 Å². The van der Waals surface area contributed by atoms with Gasteiger partial charge in [0, 0.05) is 5.69 Å². The van der Waals surface area contributed by atoms with Crippen molar-refractivity contribution in [3.05, 3.63) is 77.3 Å². The van der Waals surface area contributed by atoms with Crippen molar-refractivity contribution >= 4 is 17.2 Å². The van der Waals surface area contributed by atoms with Gasteiger partial charge in [-0.05, 0) is 61.6 Å². The first kappa shape index (κ1) is 19.5. The summed E-state index contributed by atoms with van der Waals surface area (Å²) in [5.41, 5.74) is 11.1. The molecule has 0 saturated carbocycles. The van der Waals surface area contributed by atoms with Crippen LogP contribution in [0.15, 0.2) is 71.1 Å². The number of allylic oxidation sites excluding steroid dienone is 2. The maximum Gasteiger partial charge on any atom is 0.155 e. The van der Waals surface area contributed by atoms with Gasteiger partial charge in [0.15, 0.2) is 5.84 Å². The fourth-order valence-corrected chi connectivity index (χ4v) is 3.04. The van der Waals surface area contributed by atoms with Gasteiger partial charge in [-0.3, -0.25) is 0 Å². The Morgan fingerprint density at radius 3 is 2.61 bits per heavy atom. The highest BCUT2D eigenvalue weighted by atomic mass is 16.5. The summed E-state index contributed by atoms with van der Waals surface area (Å²) in [5, 5.41) is 6.78. The molecule has 0 aliphatic carbocycles. The molecule has 0 amide bonds. The summed E-state index contributed by atoms with van der Waals surface area (Å²) in [7, 11) is 1.67. The van der Waals surface area contributed by atoms with E-state index in [0.29, 0.717) is 17.5 Å². The molecule has 5 heteroatoms. The van der Waals surface area contributed by atoms with Crippen LogP contribution in [0.1, 0.15) is 24.5 Å². The van der Waals surface area contributed by atoms with Crippen molar-refractivity contribution in [2.45, 2.75) is 27.2 Å². The molecule has 0 spiro atoms. The predicted octanol–water partition coefficient (Wildman–Crippen LogP) is 4.96. The Morgan fingerprint density at radius 2 is 1.86 bits per heavy atom. The lowest BCUT2D eigenvalue weighted by atomic mass is 10.0. The maximum absolute atomic E-state index is 6.36. The number of ether oxygens (including phenoxy) is 1.